The normalized spacial score (nSPS) is 14.1. The van der Waals surface area contributed by atoms with Crippen molar-refractivity contribution in [3.05, 3.63) is 76.9 Å². The maximum atomic E-state index is 14.1. The van der Waals surface area contributed by atoms with Crippen molar-refractivity contribution in [3.63, 3.8) is 0 Å². The minimum atomic E-state index is -0.663. The van der Waals surface area contributed by atoms with E-state index in [1.807, 2.05) is 13.8 Å². The van der Waals surface area contributed by atoms with Crippen molar-refractivity contribution in [3.8, 4) is 28.7 Å². The molecule has 0 atom stereocenters. The van der Waals surface area contributed by atoms with Crippen LogP contribution in [-0.4, -0.2) is 25.6 Å². The number of benzene rings is 3. The van der Waals surface area contributed by atoms with Crippen LogP contribution in [-0.2, 0) is 13.2 Å². The van der Waals surface area contributed by atoms with Gasteiger partial charge >= 0.3 is 0 Å². The molecular formula is C27H26F2O6. The molecule has 1 heterocycles. The van der Waals surface area contributed by atoms with Gasteiger partial charge in [0.1, 0.15) is 24.6 Å². The first-order chi connectivity index (χ1) is 16.7. The standard InChI is InChI=1S/C27H26F2O6/c1-27(2)13-21(30)18-11-25(33-14-16-5-7-22(31-3)19(28)9-16)26(12-24(18)35-27)34-15-17-6-8-23(32-4)20(29)10-17/h5-12H,13-15H2,1-4H3. The fraction of sp³-hybridized carbons (Fsp3) is 0.296. The number of ketones is 1. The van der Waals surface area contributed by atoms with Gasteiger partial charge in [0.2, 0.25) is 0 Å². The van der Waals surface area contributed by atoms with E-state index in [-0.39, 0.29) is 42.7 Å². The largest absolute Gasteiger partial charge is 0.494 e. The van der Waals surface area contributed by atoms with Crippen molar-refractivity contribution in [2.24, 2.45) is 0 Å². The molecule has 3 aromatic rings. The monoisotopic (exact) mass is 484 g/mol. The Balaban J connectivity index is 1.62. The number of fused-ring (bicyclic) bond motifs is 1. The Kier molecular flexibility index (Phi) is 6.82. The molecule has 6 nitrogen and oxygen atoms in total. The smallest absolute Gasteiger partial charge is 0.170 e. The van der Waals surface area contributed by atoms with E-state index in [1.165, 1.54) is 38.5 Å². The lowest BCUT2D eigenvalue weighted by Gasteiger charge is -2.32. The van der Waals surface area contributed by atoms with E-state index in [0.717, 1.165) is 0 Å². The molecule has 0 N–H and O–H groups in total. The number of rotatable bonds is 8. The first-order valence-corrected chi connectivity index (χ1v) is 11.0. The van der Waals surface area contributed by atoms with Gasteiger partial charge in [-0.1, -0.05) is 12.1 Å². The lowest BCUT2D eigenvalue weighted by molar-refractivity contribution is 0.0616. The summed E-state index contributed by atoms with van der Waals surface area (Å²) in [6, 6.07) is 12.2. The summed E-state index contributed by atoms with van der Waals surface area (Å²) in [4.78, 5) is 12.7. The van der Waals surface area contributed by atoms with E-state index >= 15 is 0 Å². The number of carbonyl (C=O) groups excluding carboxylic acids is 1. The van der Waals surface area contributed by atoms with Gasteiger partial charge in [0, 0.05) is 6.07 Å². The van der Waals surface area contributed by atoms with E-state index in [4.69, 9.17) is 23.7 Å². The second-order valence-corrected chi connectivity index (χ2v) is 8.77. The van der Waals surface area contributed by atoms with Crippen LogP contribution < -0.4 is 23.7 Å². The average Bonchev–Trinajstić information content (AvgIpc) is 2.81. The van der Waals surface area contributed by atoms with E-state index in [9.17, 15) is 13.6 Å². The molecule has 0 saturated carbocycles. The maximum Gasteiger partial charge on any atom is 0.170 e. The van der Waals surface area contributed by atoms with Gasteiger partial charge in [-0.15, -0.1) is 0 Å². The second-order valence-electron chi connectivity index (χ2n) is 8.77. The highest BCUT2D eigenvalue weighted by Crippen LogP contribution is 2.41. The van der Waals surface area contributed by atoms with Crippen LogP contribution in [0.4, 0.5) is 8.78 Å². The Morgan fingerprint density at radius 2 is 1.31 bits per heavy atom. The molecule has 0 radical (unpaired) electrons. The summed E-state index contributed by atoms with van der Waals surface area (Å²) in [6.45, 7) is 3.71. The molecule has 35 heavy (non-hydrogen) atoms. The molecular weight excluding hydrogens is 458 g/mol. The van der Waals surface area contributed by atoms with Gasteiger partial charge in [0.05, 0.1) is 26.2 Å². The van der Waals surface area contributed by atoms with E-state index in [1.54, 1.807) is 24.3 Å². The van der Waals surface area contributed by atoms with Gasteiger partial charge in [-0.25, -0.2) is 8.78 Å². The Labute approximate surface area is 202 Å². The average molecular weight is 484 g/mol. The summed E-state index contributed by atoms with van der Waals surface area (Å²) >= 11 is 0. The minimum absolute atomic E-state index is 0.0216. The predicted molar refractivity (Wildman–Crippen MR) is 125 cm³/mol. The third-order valence-corrected chi connectivity index (χ3v) is 5.54. The SMILES string of the molecule is COc1ccc(COc2cc3c(cc2OCc2ccc(OC)c(F)c2)C(=O)CC(C)(C)O3)cc1F. The zero-order chi connectivity index (χ0) is 25.2. The maximum absolute atomic E-state index is 14.1. The van der Waals surface area contributed by atoms with E-state index in [0.29, 0.717) is 28.2 Å². The Bertz CT molecular complexity index is 1250. The van der Waals surface area contributed by atoms with Crippen molar-refractivity contribution in [2.75, 3.05) is 14.2 Å². The van der Waals surface area contributed by atoms with Gasteiger partial charge < -0.3 is 23.7 Å². The topological polar surface area (TPSA) is 63.2 Å². The molecule has 0 unspecified atom stereocenters. The molecule has 4 rings (SSSR count). The summed E-state index contributed by atoms with van der Waals surface area (Å²) in [6.07, 6.45) is 0.217. The molecule has 0 aliphatic carbocycles. The van der Waals surface area contributed by atoms with Crippen LogP contribution in [0.15, 0.2) is 48.5 Å². The third-order valence-electron chi connectivity index (χ3n) is 5.54. The molecule has 1 aliphatic heterocycles. The molecule has 0 fully saturated rings. The highest BCUT2D eigenvalue weighted by Gasteiger charge is 2.34. The van der Waals surface area contributed by atoms with Crippen molar-refractivity contribution in [2.45, 2.75) is 39.1 Å². The predicted octanol–water partition coefficient (Wildman–Crippen LogP) is 5.88. The first-order valence-electron chi connectivity index (χ1n) is 11.0. The molecule has 8 heteroatoms. The number of hydrogen-bond donors (Lipinski definition) is 0. The zero-order valence-electron chi connectivity index (χ0n) is 19.9. The van der Waals surface area contributed by atoms with Crippen molar-refractivity contribution >= 4 is 5.78 Å². The molecule has 0 aromatic heterocycles. The number of halogens is 2. The minimum Gasteiger partial charge on any atom is -0.494 e. The summed E-state index contributed by atoms with van der Waals surface area (Å²) in [7, 11) is 2.78. The van der Waals surface area contributed by atoms with Crippen molar-refractivity contribution in [1.82, 2.24) is 0 Å². The summed E-state index contributed by atoms with van der Waals surface area (Å²) in [5.74, 6) is 0.127. The highest BCUT2D eigenvalue weighted by atomic mass is 19.1. The summed E-state index contributed by atoms with van der Waals surface area (Å²) in [5, 5.41) is 0. The Morgan fingerprint density at radius 3 is 1.80 bits per heavy atom. The zero-order valence-corrected chi connectivity index (χ0v) is 19.9. The Morgan fingerprint density at radius 1 is 0.800 bits per heavy atom. The number of ether oxygens (including phenoxy) is 5. The molecule has 0 spiro atoms. The van der Waals surface area contributed by atoms with Crippen LogP contribution in [0.25, 0.3) is 0 Å². The van der Waals surface area contributed by atoms with Gasteiger partial charge in [0.15, 0.2) is 40.4 Å². The molecule has 0 amide bonds. The van der Waals surface area contributed by atoms with Crippen LogP contribution in [0, 0.1) is 11.6 Å². The molecule has 0 saturated heterocycles. The van der Waals surface area contributed by atoms with Crippen LogP contribution in [0.3, 0.4) is 0 Å². The lowest BCUT2D eigenvalue weighted by atomic mass is 9.93. The number of methoxy groups -OCH3 is 2. The van der Waals surface area contributed by atoms with Crippen molar-refractivity contribution < 1.29 is 37.3 Å². The third kappa shape index (κ3) is 5.48. The summed E-state index contributed by atoms with van der Waals surface area (Å²) < 4.78 is 56.0. The lowest BCUT2D eigenvalue weighted by Crippen LogP contribution is -2.35. The highest BCUT2D eigenvalue weighted by molar-refractivity contribution is 6.01. The molecule has 3 aromatic carbocycles. The number of hydrogen-bond acceptors (Lipinski definition) is 6. The fourth-order valence-corrected chi connectivity index (χ4v) is 3.81. The van der Waals surface area contributed by atoms with E-state index < -0.39 is 17.2 Å². The number of carbonyl (C=O) groups is 1. The van der Waals surface area contributed by atoms with Gasteiger partial charge in [-0.3, -0.25) is 4.79 Å². The van der Waals surface area contributed by atoms with Crippen LogP contribution in [0.1, 0.15) is 41.8 Å². The van der Waals surface area contributed by atoms with Crippen LogP contribution in [0.5, 0.6) is 28.7 Å². The van der Waals surface area contributed by atoms with Crippen molar-refractivity contribution in [1.29, 1.82) is 0 Å². The second kappa shape index (κ2) is 9.82. The fourth-order valence-electron chi connectivity index (χ4n) is 3.81. The quantitative estimate of drug-likeness (QED) is 0.398. The van der Waals surface area contributed by atoms with Gasteiger partial charge in [0.25, 0.3) is 0 Å². The van der Waals surface area contributed by atoms with Crippen LogP contribution >= 0.6 is 0 Å². The van der Waals surface area contributed by atoms with Gasteiger partial charge in [-0.2, -0.15) is 0 Å². The number of Topliss-reactive ketones (excluding diaryl/α,β-unsaturated/α-hetero) is 1. The molecule has 1 aliphatic rings. The van der Waals surface area contributed by atoms with Crippen LogP contribution in [0.2, 0.25) is 0 Å². The summed E-state index contributed by atoms with van der Waals surface area (Å²) in [5.41, 5.74) is 0.848. The van der Waals surface area contributed by atoms with E-state index in [2.05, 4.69) is 0 Å². The Hall–Kier alpha value is -3.81. The first kappa shape index (κ1) is 24.3. The molecule has 184 valence electrons. The molecule has 0 bridgehead atoms. The van der Waals surface area contributed by atoms with Gasteiger partial charge in [-0.05, 0) is 55.3 Å².